The van der Waals surface area contributed by atoms with Gasteiger partial charge in [0.2, 0.25) is 0 Å². The Morgan fingerprint density at radius 2 is 1.79 bits per heavy atom. The van der Waals surface area contributed by atoms with Crippen LogP contribution < -0.4 is 0 Å². The van der Waals surface area contributed by atoms with Gasteiger partial charge < -0.3 is 4.98 Å². The van der Waals surface area contributed by atoms with Crippen molar-refractivity contribution in [2.24, 2.45) is 5.92 Å². The van der Waals surface area contributed by atoms with Crippen molar-refractivity contribution in [1.29, 1.82) is 0 Å². The zero-order valence-electron chi connectivity index (χ0n) is 12.2. The van der Waals surface area contributed by atoms with Crippen molar-refractivity contribution in [2.45, 2.75) is 57.8 Å². The molecule has 0 radical (unpaired) electrons. The van der Waals surface area contributed by atoms with Crippen LogP contribution in [0.1, 0.15) is 58.1 Å². The number of H-pyrrole nitrogens is 1. The van der Waals surface area contributed by atoms with Crippen molar-refractivity contribution < 1.29 is 0 Å². The number of para-hydroxylation sites is 1. The molecule has 3 rings (SSSR count). The number of fused-ring (bicyclic) bond motifs is 1. The molecule has 0 unspecified atom stereocenters. The van der Waals surface area contributed by atoms with E-state index in [1.54, 1.807) is 0 Å². The molecule has 1 aromatic carbocycles. The average Bonchev–Trinajstić information content (AvgIpc) is 2.81. The Morgan fingerprint density at radius 3 is 2.47 bits per heavy atom. The summed E-state index contributed by atoms with van der Waals surface area (Å²) in [6.45, 7) is 4.86. The lowest BCUT2D eigenvalue weighted by Crippen LogP contribution is -2.24. The van der Waals surface area contributed by atoms with Gasteiger partial charge in [0.25, 0.3) is 0 Å². The van der Waals surface area contributed by atoms with E-state index in [9.17, 15) is 0 Å². The van der Waals surface area contributed by atoms with Gasteiger partial charge in [0.05, 0.1) is 0 Å². The van der Waals surface area contributed by atoms with Gasteiger partial charge >= 0.3 is 0 Å². The first-order chi connectivity index (χ1) is 9.17. The zero-order chi connectivity index (χ0) is 13.3. The summed E-state index contributed by atoms with van der Waals surface area (Å²) < 4.78 is 0. The molecule has 102 valence electrons. The summed E-state index contributed by atoms with van der Waals surface area (Å²) >= 11 is 0. The number of aromatic amines is 1. The lowest BCUT2D eigenvalue weighted by molar-refractivity contribution is 0.299. The van der Waals surface area contributed by atoms with Crippen molar-refractivity contribution in [3.63, 3.8) is 0 Å². The lowest BCUT2D eigenvalue weighted by Gasteiger charge is -2.32. The van der Waals surface area contributed by atoms with Crippen molar-refractivity contribution in [3.8, 4) is 0 Å². The SMILES string of the molecule is CC1CCCC(C)(c2cc3ccccc3[nH]2)CCC1. The Morgan fingerprint density at radius 1 is 1.11 bits per heavy atom. The molecule has 0 saturated heterocycles. The molecule has 0 bridgehead atoms. The van der Waals surface area contributed by atoms with Crippen molar-refractivity contribution in [1.82, 2.24) is 4.98 Å². The van der Waals surface area contributed by atoms with Gasteiger partial charge in [0.1, 0.15) is 0 Å². The molecule has 0 atom stereocenters. The van der Waals surface area contributed by atoms with Gasteiger partial charge in [0.15, 0.2) is 0 Å². The second kappa shape index (κ2) is 5.03. The van der Waals surface area contributed by atoms with Gasteiger partial charge in [-0.2, -0.15) is 0 Å². The second-order valence-electron chi connectivity index (χ2n) is 6.72. The quantitative estimate of drug-likeness (QED) is 0.700. The number of rotatable bonds is 1. The molecule has 0 amide bonds. The van der Waals surface area contributed by atoms with Crippen LogP contribution in [0.3, 0.4) is 0 Å². The van der Waals surface area contributed by atoms with E-state index in [0.717, 1.165) is 5.92 Å². The van der Waals surface area contributed by atoms with Crippen LogP contribution in [0.25, 0.3) is 10.9 Å². The second-order valence-corrected chi connectivity index (χ2v) is 6.72. The molecule has 1 N–H and O–H groups in total. The Labute approximate surface area is 116 Å². The highest BCUT2D eigenvalue weighted by molar-refractivity contribution is 5.80. The average molecular weight is 255 g/mol. The maximum atomic E-state index is 3.67. The largest absolute Gasteiger partial charge is 0.358 e. The number of hydrogen-bond acceptors (Lipinski definition) is 0. The number of nitrogens with one attached hydrogen (secondary N) is 1. The highest BCUT2D eigenvalue weighted by atomic mass is 14.7. The van der Waals surface area contributed by atoms with Crippen LogP contribution in [-0.2, 0) is 5.41 Å². The molecule has 1 heterocycles. The van der Waals surface area contributed by atoms with Crippen LogP contribution >= 0.6 is 0 Å². The fourth-order valence-corrected chi connectivity index (χ4v) is 3.62. The maximum Gasteiger partial charge on any atom is 0.0456 e. The minimum absolute atomic E-state index is 0.346. The van der Waals surface area contributed by atoms with Crippen LogP contribution in [0.5, 0.6) is 0 Å². The van der Waals surface area contributed by atoms with Crippen molar-refractivity contribution in [2.75, 3.05) is 0 Å². The first-order valence-electron chi connectivity index (χ1n) is 7.76. The van der Waals surface area contributed by atoms with E-state index in [2.05, 4.69) is 49.2 Å². The molecule has 1 aliphatic rings. The summed E-state index contributed by atoms with van der Waals surface area (Å²) in [5.41, 5.74) is 3.08. The van der Waals surface area contributed by atoms with Gasteiger partial charge in [-0.3, -0.25) is 0 Å². The van der Waals surface area contributed by atoms with E-state index in [0.29, 0.717) is 5.41 Å². The third-order valence-electron chi connectivity index (χ3n) is 5.03. The highest BCUT2D eigenvalue weighted by Crippen LogP contribution is 2.38. The molecule has 1 saturated carbocycles. The van der Waals surface area contributed by atoms with Crippen LogP contribution in [0.15, 0.2) is 30.3 Å². The predicted molar refractivity (Wildman–Crippen MR) is 82.5 cm³/mol. The Balaban J connectivity index is 1.89. The molecule has 19 heavy (non-hydrogen) atoms. The predicted octanol–water partition coefficient (Wildman–Crippen LogP) is 5.42. The van der Waals surface area contributed by atoms with Crippen LogP contribution in [0.4, 0.5) is 0 Å². The lowest BCUT2D eigenvalue weighted by atomic mass is 9.74. The number of aromatic nitrogens is 1. The molecule has 1 aliphatic carbocycles. The Hall–Kier alpha value is -1.24. The molecular weight excluding hydrogens is 230 g/mol. The molecule has 1 fully saturated rings. The van der Waals surface area contributed by atoms with E-state index in [1.807, 2.05) is 0 Å². The van der Waals surface area contributed by atoms with Gasteiger partial charge in [-0.05, 0) is 36.3 Å². The van der Waals surface area contributed by atoms with E-state index in [1.165, 1.54) is 55.1 Å². The zero-order valence-corrected chi connectivity index (χ0v) is 12.2. The number of benzene rings is 1. The van der Waals surface area contributed by atoms with Gasteiger partial charge in [-0.1, -0.05) is 57.7 Å². The summed E-state index contributed by atoms with van der Waals surface area (Å²) in [4.78, 5) is 3.67. The van der Waals surface area contributed by atoms with Gasteiger partial charge in [0, 0.05) is 16.6 Å². The molecule has 1 nitrogen and oxygen atoms in total. The van der Waals surface area contributed by atoms with Crippen molar-refractivity contribution in [3.05, 3.63) is 36.0 Å². The minimum atomic E-state index is 0.346. The molecule has 1 heteroatoms. The fourth-order valence-electron chi connectivity index (χ4n) is 3.62. The van der Waals surface area contributed by atoms with Gasteiger partial charge in [-0.15, -0.1) is 0 Å². The number of hydrogen-bond donors (Lipinski definition) is 1. The normalized spacial score (nSPS) is 29.1. The topological polar surface area (TPSA) is 15.8 Å². The molecule has 0 aliphatic heterocycles. The van der Waals surface area contributed by atoms with Crippen LogP contribution in [0.2, 0.25) is 0 Å². The summed E-state index contributed by atoms with van der Waals surface area (Å²) in [7, 11) is 0. The molecular formula is C18H25N. The first kappa shape index (κ1) is 12.8. The van der Waals surface area contributed by atoms with E-state index < -0.39 is 0 Å². The van der Waals surface area contributed by atoms with Gasteiger partial charge in [-0.25, -0.2) is 0 Å². The minimum Gasteiger partial charge on any atom is -0.358 e. The Bertz CT molecular complexity index is 509. The fraction of sp³-hybridized carbons (Fsp3) is 0.556. The van der Waals surface area contributed by atoms with E-state index in [4.69, 9.17) is 0 Å². The third kappa shape index (κ3) is 2.56. The summed E-state index contributed by atoms with van der Waals surface area (Å²) in [6, 6.07) is 11.0. The highest BCUT2D eigenvalue weighted by Gasteiger charge is 2.29. The van der Waals surface area contributed by atoms with E-state index >= 15 is 0 Å². The standard InChI is InChI=1S/C18H25N/c1-14-7-5-11-18(2,12-6-8-14)17-13-15-9-3-4-10-16(15)19-17/h3-4,9-10,13-14,19H,5-8,11-12H2,1-2H3. The van der Waals surface area contributed by atoms with Crippen molar-refractivity contribution >= 4 is 10.9 Å². The monoisotopic (exact) mass is 255 g/mol. The van der Waals surface area contributed by atoms with Crippen LogP contribution in [-0.4, -0.2) is 4.98 Å². The maximum absolute atomic E-state index is 3.67. The van der Waals surface area contributed by atoms with E-state index in [-0.39, 0.29) is 0 Å². The Kier molecular flexibility index (Phi) is 3.38. The molecule has 0 spiro atoms. The summed E-state index contributed by atoms with van der Waals surface area (Å²) in [5, 5.41) is 1.36. The molecule has 1 aromatic heterocycles. The smallest absolute Gasteiger partial charge is 0.0456 e. The third-order valence-corrected chi connectivity index (χ3v) is 5.03. The summed E-state index contributed by atoms with van der Waals surface area (Å²) in [5.74, 6) is 0.923. The summed E-state index contributed by atoms with van der Waals surface area (Å²) in [6.07, 6.45) is 8.18. The van der Waals surface area contributed by atoms with Crippen LogP contribution in [0, 0.1) is 5.92 Å². The first-order valence-corrected chi connectivity index (χ1v) is 7.76. The molecule has 2 aromatic rings.